The molecule has 5 nitrogen and oxygen atoms in total. The molecule has 1 N–H and O–H groups in total. The monoisotopic (exact) mass is 259 g/mol. The maximum absolute atomic E-state index is 5.39. The van der Waals surface area contributed by atoms with Gasteiger partial charge in [-0.2, -0.15) is 0 Å². The Morgan fingerprint density at radius 3 is 2.63 bits per heavy atom. The highest BCUT2D eigenvalue weighted by Gasteiger charge is 1.97. The molecule has 0 amide bonds. The van der Waals surface area contributed by atoms with Crippen molar-refractivity contribution in [3.05, 3.63) is 48.4 Å². The summed E-state index contributed by atoms with van der Waals surface area (Å²) in [4.78, 5) is 8.19. The SMILES string of the molecule is COCCOc1ccc(NCc2ccncc2)cn1. The Bertz CT molecular complexity index is 474. The maximum atomic E-state index is 5.39. The van der Waals surface area contributed by atoms with Crippen LogP contribution in [0.3, 0.4) is 0 Å². The molecule has 2 heterocycles. The lowest BCUT2D eigenvalue weighted by atomic mass is 10.2. The van der Waals surface area contributed by atoms with E-state index in [9.17, 15) is 0 Å². The minimum Gasteiger partial charge on any atom is -0.475 e. The van der Waals surface area contributed by atoms with Crippen LogP contribution in [0.1, 0.15) is 5.56 Å². The number of hydrogen-bond donors (Lipinski definition) is 1. The first-order valence-electron chi connectivity index (χ1n) is 6.09. The molecule has 0 unspecified atom stereocenters. The standard InChI is InChI=1S/C14H17N3O2/c1-18-8-9-19-14-3-2-13(11-17-14)16-10-12-4-6-15-7-5-12/h2-7,11,16H,8-10H2,1H3. The molecule has 0 saturated heterocycles. The van der Waals surface area contributed by atoms with Crippen LogP contribution in [0.2, 0.25) is 0 Å². The number of nitrogens with zero attached hydrogens (tertiary/aromatic N) is 2. The quantitative estimate of drug-likeness (QED) is 0.772. The van der Waals surface area contributed by atoms with Crippen molar-refractivity contribution in [1.29, 1.82) is 0 Å². The van der Waals surface area contributed by atoms with Crippen molar-refractivity contribution in [3.63, 3.8) is 0 Å². The molecule has 0 radical (unpaired) electrons. The zero-order valence-electron chi connectivity index (χ0n) is 10.9. The highest BCUT2D eigenvalue weighted by atomic mass is 16.5. The zero-order valence-corrected chi connectivity index (χ0v) is 10.9. The fourth-order valence-corrected chi connectivity index (χ4v) is 1.50. The largest absolute Gasteiger partial charge is 0.475 e. The van der Waals surface area contributed by atoms with Crippen LogP contribution in [0, 0.1) is 0 Å². The minimum atomic E-state index is 0.507. The number of rotatable bonds is 7. The highest BCUT2D eigenvalue weighted by molar-refractivity contribution is 5.42. The fourth-order valence-electron chi connectivity index (χ4n) is 1.50. The Kier molecular flexibility index (Phi) is 5.13. The van der Waals surface area contributed by atoms with Gasteiger partial charge in [-0.25, -0.2) is 4.98 Å². The molecule has 2 aromatic heterocycles. The first-order valence-corrected chi connectivity index (χ1v) is 6.09. The second kappa shape index (κ2) is 7.33. The lowest BCUT2D eigenvalue weighted by Crippen LogP contribution is -2.05. The van der Waals surface area contributed by atoms with E-state index in [1.807, 2.05) is 24.3 Å². The Labute approximate surface area is 112 Å². The summed E-state index contributed by atoms with van der Waals surface area (Å²) in [5.74, 6) is 0.603. The molecule has 0 saturated carbocycles. The molecular formula is C14H17N3O2. The van der Waals surface area contributed by atoms with Gasteiger partial charge in [-0.1, -0.05) is 0 Å². The molecule has 0 atom stereocenters. The van der Waals surface area contributed by atoms with Crippen molar-refractivity contribution in [2.45, 2.75) is 6.54 Å². The van der Waals surface area contributed by atoms with Gasteiger partial charge < -0.3 is 14.8 Å². The summed E-state index contributed by atoms with van der Waals surface area (Å²) in [5, 5.41) is 3.28. The lowest BCUT2D eigenvalue weighted by Gasteiger charge is -2.07. The van der Waals surface area contributed by atoms with Crippen LogP contribution in [-0.4, -0.2) is 30.3 Å². The average Bonchev–Trinajstić information content (AvgIpc) is 2.48. The molecule has 0 spiro atoms. The second-order valence-corrected chi connectivity index (χ2v) is 3.94. The molecule has 2 aromatic rings. The maximum Gasteiger partial charge on any atom is 0.213 e. The number of pyridine rings is 2. The Morgan fingerprint density at radius 1 is 1.11 bits per heavy atom. The van der Waals surface area contributed by atoms with Crippen molar-refractivity contribution in [1.82, 2.24) is 9.97 Å². The highest BCUT2D eigenvalue weighted by Crippen LogP contribution is 2.12. The van der Waals surface area contributed by atoms with Crippen LogP contribution < -0.4 is 10.1 Å². The Hall–Kier alpha value is -2.14. The van der Waals surface area contributed by atoms with E-state index < -0.39 is 0 Å². The number of aromatic nitrogens is 2. The predicted molar refractivity (Wildman–Crippen MR) is 73.2 cm³/mol. The third kappa shape index (κ3) is 4.56. The first kappa shape index (κ1) is 13.3. The number of hydrogen-bond acceptors (Lipinski definition) is 5. The zero-order chi connectivity index (χ0) is 13.3. The number of ether oxygens (including phenoxy) is 2. The molecule has 19 heavy (non-hydrogen) atoms. The molecule has 0 aliphatic carbocycles. The first-order chi connectivity index (χ1) is 9.38. The summed E-state index contributed by atoms with van der Waals surface area (Å²) in [6.07, 6.45) is 5.31. The predicted octanol–water partition coefficient (Wildman–Crippen LogP) is 2.11. The van der Waals surface area contributed by atoms with Gasteiger partial charge in [-0.05, 0) is 23.8 Å². The molecule has 0 aliphatic heterocycles. The Morgan fingerprint density at radius 2 is 1.95 bits per heavy atom. The van der Waals surface area contributed by atoms with E-state index in [1.54, 1.807) is 25.7 Å². The molecule has 0 aliphatic rings. The summed E-state index contributed by atoms with van der Waals surface area (Å²) in [5.41, 5.74) is 2.13. The van der Waals surface area contributed by atoms with Crippen LogP contribution in [0.25, 0.3) is 0 Å². The average molecular weight is 259 g/mol. The van der Waals surface area contributed by atoms with Crippen molar-refractivity contribution in [2.24, 2.45) is 0 Å². The topological polar surface area (TPSA) is 56.3 Å². The van der Waals surface area contributed by atoms with Crippen molar-refractivity contribution < 1.29 is 9.47 Å². The van der Waals surface area contributed by atoms with E-state index in [1.165, 1.54) is 5.56 Å². The number of methoxy groups -OCH3 is 1. The smallest absolute Gasteiger partial charge is 0.213 e. The van der Waals surface area contributed by atoms with Crippen LogP contribution in [0.5, 0.6) is 5.88 Å². The van der Waals surface area contributed by atoms with Crippen LogP contribution in [0.15, 0.2) is 42.9 Å². The van der Waals surface area contributed by atoms with Gasteiger partial charge in [0, 0.05) is 32.1 Å². The van der Waals surface area contributed by atoms with Crippen LogP contribution in [-0.2, 0) is 11.3 Å². The summed E-state index contributed by atoms with van der Waals surface area (Å²) in [6.45, 7) is 1.81. The summed E-state index contributed by atoms with van der Waals surface area (Å²) >= 11 is 0. The molecule has 0 bridgehead atoms. The third-order valence-corrected chi connectivity index (χ3v) is 2.52. The van der Waals surface area contributed by atoms with Gasteiger partial charge in [0.15, 0.2) is 0 Å². The van der Waals surface area contributed by atoms with Crippen molar-refractivity contribution in [2.75, 3.05) is 25.6 Å². The van der Waals surface area contributed by atoms with E-state index >= 15 is 0 Å². The van der Waals surface area contributed by atoms with Gasteiger partial charge in [-0.3, -0.25) is 4.98 Å². The number of anilines is 1. The van der Waals surface area contributed by atoms with E-state index in [-0.39, 0.29) is 0 Å². The molecule has 0 aromatic carbocycles. The third-order valence-electron chi connectivity index (χ3n) is 2.52. The normalized spacial score (nSPS) is 10.2. The van der Waals surface area contributed by atoms with Gasteiger partial charge in [0.05, 0.1) is 18.5 Å². The van der Waals surface area contributed by atoms with Crippen molar-refractivity contribution in [3.8, 4) is 5.88 Å². The molecular weight excluding hydrogens is 242 g/mol. The summed E-state index contributed by atoms with van der Waals surface area (Å²) < 4.78 is 10.3. The van der Waals surface area contributed by atoms with Gasteiger partial charge in [0.2, 0.25) is 5.88 Å². The van der Waals surface area contributed by atoms with Crippen LogP contribution >= 0.6 is 0 Å². The second-order valence-electron chi connectivity index (χ2n) is 3.94. The summed E-state index contributed by atoms with van der Waals surface area (Å²) in [6, 6.07) is 7.73. The fraction of sp³-hybridized carbons (Fsp3) is 0.286. The van der Waals surface area contributed by atoms with Gasteiger partial charge in [0.25, 0.3) is 0 Å². The molecule has 2 rings (SSSR count). The lowest BCUT2D eigenvalue weighted by molar-refractivity contribution is 0.144. The Balaban J connectivity index is 1.81. The van der Waals surface area contributed by atoms with Gasteiger partial charge in [0.1, 0.15) is 6.61 Å². The van der Waals surface area contributed by atoms with E-state index in [2.05, 4.69) is 15.3 Å². The summed E-state index contributed by atoms with van der Waals surface area (Å²) in [7, 11) is 1.64. The minimum absolute atomic E-state index is 0.507. The van der Waals surface area contributed by atoms with Gasteiger partial charge in [-0.15, -0.1) is 0 Å². The number of nitrogens with one attached hydrogen (secondary N) is 1. The van der Waals surface area contributed by atoms with E-state index in [0.717, 1.165) is 12.2 Å². The molecule has 100 valence electrons. The van der Waals surface area contributed by atoms with E-state index in [0.29, 0.717) is 19.1 Å². The van der Waals surface area contributed by atoms with Crippen LogP contribution in [0.4, 0.5) is 5.69 Å². The van der Waals surface area contributed by atoms with Gasteiger partial charge >= 0.3 is 0 Å². The van der Waals surface area contributed by atoms with E-state index in [4.69, 9.17) is 9.47 Å². The van der Waals surface area contributed by atoms with Crippen molar-refractivity contribution >= 4 is 5.69 Å². The molecule has 5 heteroatoms. The molecule has 0 fully saturated rings.